The lowest BCUT2D eigenvalue weighted by atomic mass is 9.85. The molecule has 3 atom stereocenters. The van der Waals surface area contributed by atoms with E-state index in [4.69, 9.17) is 4.74 Å². The summed E-state index contributed by atoms with van der Waals surface area (Å²) < 4.78 is 5.28. The number of ether oxygens (including phenoxy) is 1. The van der Waals surface area contributed by atoms with Gasteiger partial charge in [0.2, 0.25) is 0 Å². The molecule has 1 aliphatic carbocycles. The van der Waals surface area contributed by atoms with E-state index >= 15 is 0 Å². The lowest BCUT2D eigenvalue weighted by Crippen LogP contribution is -2.47. The third kappa shape index (κ3) is 4.12. The highest BCUT2D eigenvalue weighted by Crippen LogP contribution is 2.24. The molecule has 2 nitrogen and oxygen atoms in total. The van der Waals surface area contributed by atoms with Crippen LogP contribution in [0.2, 0.25) is 0 Å². The van der Waals surface area contributed by atoms with Crippen LogP contribution in [0.1, 0.15) is 46.5 Å². The van der Waals surface area contributed by atoms with Crippen molar-refractivity contribution >= 4 is 0 Å². The minimum absolute atomic E-state index is 0.514. The minimum atomic E-state index is 0.514. The van der Waals surface area contributed by atoms with Crippen molar-refractivity contribution in [3.05, 3.63) is 0 Å². The van der Waals surface area contributed by atoms with Crippen molar-refractivity contribution in [3.8, 4) is 0 Å². The summed E-state index contributed by atoms with van der Waals surface area (Å²) in [6.07, 6.45) is 5.53. The highest BCUT2D eigenvalue weighted by molar-refractivity contribution is 4.82. The summed E-state index contributed by atoms with van der Waals surface area (Å²) in [4.78, 5) is 0. The summed E-state index contributed by atoms with van der Waals surface area (Å²) in [5.41, 5.74) is 0. The Hall–Kier alpha value is -0.0800. The van der Waals surface area contributed by atoms with E-state index in [9.17, 15) is 0 Å². The number of nitrogens with one attached hydrogen (secondary N) is 1. The highest BCUT2D eigenvalue weighted by atomic mass is 16.5. The molecule has 0 spiro atoms. The molecule has 3 unspecified atom stereocenters. The van der Waals surface area contributed by atoms with Crippen LogP contribution < -0.4 is 5.32 Å². The smallest absolute Gasteiger partial charge is 0.0618 e. The second-order valence-electron chi connectivity index (χ2n) is 5.34. The molecule has 1 fully saturated rings. The second kappa shape index (κ2) is 6.49. The van der Waals surface area contributed by atoms with E-state index in [0.717, 1.165) is 12.5 Å². The van der Waals surface area contributed by atoms with Gasteiger partial charge >= 0.3 is 0 Å². The van der Waals surface area contributed by atoms with Gasteiger partial charge in [-0.1, -0.05) is 33.6 Å². The highest BCUT2D eigenvalue weighted by Gasteiger charge is 2.24. The van der Waals surface area contributed by atoms with E-state index in [0.29, 0.717) is 18.0 Å². The van der Waals surface area contributed by atoms with Gasteiger partial charge in [0.15, 0.2) is 0 Å². The van der Waals surface area contributed by atoms with Crippen LogP contribution in [0.5, 0.6) is 0 Å². The van der Waals surface area contributed by atoms with Gasteiger partial charge in [0.1, 0.15) is 0 Å². The lowest BCUT2D eigenvalue weighted by Gasteiger charge is -2.34. The number of methoxy groups -OCH3 is 1. The predicted octanol–water partition coefficient (Wildman–Crippen LogP) is 2.83. The zero-order valence-electron chi connectivity index (χ0n) is 10.8. The van der Waals surface area contributed by atoms with Crippen molar-refractivity contribution in [2.45, 2.75) is 58.5 Å². The Morgan fingerprint density at radius 3 is 2.47 bits per heavy atom. The molecule has 1 rings (SSSR count). The van der Waals surface area contributed by atoms with Gasteiger partial charge in [-0.25, -0.2) is 0 Å². The molecule has 0 saturated heterocycles. The summed E-state index contributed by atoms with van der Waals surface area (Å²) in [7, 11) is 1.79. The molecule has 15 heavy (non-hydrogen) atoms. The Morgan fingerprint density at radius 2 is 1.93 bits per heavy atom. The molecule has 0 aromatic carbocycles. The third-order valence-corrected chi connectivity index (χ3v) is 3.69. The quantitative estimate of drug-likeness (QED) is 0.758. The van der Waals surface area contributed by atoms with Crippen molar-refractivity contribution < 1.29 is 4.74 Å². The maximum atomic E-state index is 5.28. The first-order valence-electron chi connectivity index (χ1n) is 6.40. The van der Waals surface area contributed by atoms with E-state index in [1.165, 1.54) is 25.7 Å². The van der Waals surface area contributed by atoms with Gasteiger partial charge in [-0.05, 0) is 24.7 Å². The van der Waals surface area contributed by atoms with Gasteiger partial charge in [0, 0.05) is 19.2 Å². The van der Waals surface area contributed by atoms with Crippen LogP contribution in [-0.2, 0) is 4.74 Å². The van der Waals surface area contributed by atoms with E-state index in [1.54, 1.807) is 7.11 Å². The first-order valence-corrected chi connectivity index (χ1v) is 6.40. The topological polar surface area (TPSA) is 21.3 Å². The van der Waals surface area contributed by atoms with Crippen molar-refractivity contribution in [1.29, 1.82) is 0 Å². The van der Waals surface area contributed by atoms with Crippen LogP contribution in [0.4, 0.5) is 0 Å². The molecule has 0 radical (unpaired) electrons. The average Bonchev–Trinajstić information content (AvgIpc) is 2.20. The maximum Gasteiger partial charge on any atom is 0.0618 e. The van der Waals surface area contributed by atoms with Crippen LogP contribution in [-0.4, -0.2) is 25.8 Å². The molecule has 0 aromatic rings. The number of rotatable bonds is 5. The molecule has 2 heteroatoms. The van der Waals surface area contributed by atoms with Gasteiger partial charge in [0.25, 0.3) is 0 Å². The van der Waals surface area contributed by atoms with Gasteiger partial charge in [-0.15, -0.1) is 0 Å². The molecular formula is C13H27NO. The van der Waals surface area contributed by atoms with Crippen molar-refractivity contribution in [2.75, 3.05) is 13.7 Å². The molecule has 0 aliphatic heterocycles. The van der Waals surface area contributed by atoms with Crippen LogP contribution in [0, 0.1) is 11.8 Å². The normalized spacial score (nSPS) is 29.4. The number of hydrogen-bond donors (Lipinski definition) is 1. The van der Waals surface area contributed by atoms with Crippen LogP contribution in [0.3, 0.4) is 0 Å². The average molecular weight is 213 g/mol. The third-order valence-electron chi connectivity index (χ3n) is 3.69. The lowest BCUT2D eigenvalue weighted by molar-refractivity contribution is 0.126. The predicted molar refractivity (Wildman–Crippen MR) is 65.1 cm³/mol. The SMILES string of the molecule is COCC(NC1CCCCC1C)C(C)C. The Bertz CT molecular complexity index is 168. The van der Waals surface area contributed by atoms with E-state index in [1.807, 2.05) is 0 Å². The van der Waals surface area contributed by atoms with Crippen LogP contribution in [0.15, 0.2) is 0 Å². The van der Waals surface area contributed by atoms with E-state index in [-0.39, 0.29) is 0 Å². The van der Waals surface area contributed by atoms with Gasteiger partial charge < -0.3 is 10.1 Å². The molecule has 1 saturated carbocycles. The van der Waals surface area contributed by atoms with Crippen molar-refractivity contribution in [3.63, 3.8) is 0 Å². The molecule has 1 aliphatic rings. The monoisotopic (exact) mass is 213 g/mol. The summed E-state index contributed by atoms with van der Waals surface area (Å²) in [6, 6.07) is 1.22. The molecule has 90 valence electrons. The zero-order valence-corrected chi connectivity index (χ0v) is 10.8. The first-order chi connectivity index (χ1) is 7.15. The molecule has 0 heterocycles. The van der Waals surface area contributed by atoms with Crippen LogP contribution >= 0.6 is 0 Å². The second-order valence-corrected chi connectivity index (χ2v) is 5.34. The Labute approximate surface area is 94.8 Å². The van der Waals surface area contributed by atoms with Crippen LogP contribution in [0.25, 0.3) is 0 Å². The fourth-order valence-corrected chi connectivity index (χ4v) is 2.45. The summed E-state index contributed by atoms with van der Waals surface area (Å²) in [5, 5.41) is 3.78. The molecule has 0 bridgehead atoms. The molecule has 0 aromatic heterocycles. The maximum absolute atomic E-state index is 5.28. The largest absolute Gasteiger partial charge is 0.383 e. The summed E-state index contributed by atoms with van der Waals surface area (Å²) in [6.45, 7) is 7.75. The Morgan fingerprint density at radius 1 is 1.27 bits per heavy atom. The standard InChI is InChI=1S/C13H27NO/c1-10(2)13(9-15-4)14-12-8-6-5-7-11(12)3/h10-14H,5-9H2,1-4H3. The summed E-state index contributed by atoms with van der Waals surface area (Å²) in [5.74, 6) is 1.48. The van der Waals surface area contributed by atoms with Crippen molar-refractivity contribution in [2.24, 2.45) is 11.8 Å². The van der Waals surface area contributed by atoms with Gasteiger partial charge in [0.05, 0.1) is 6.61 Å². The fourth-order valence-electron chi connectivity index (χ4n) is 2.45. The van der Waals surface area contributed by atoms with Gasteiger partial charge in [-0.2, -0.15) is 0 Å². The number of hydrogen-bond acceptors (Lipinski definition) is 2. The summed E-state index contributed by atoms with van der Waals surface area (Å²) >= 11 is 0. The zero-order chi connectivity index (χ0) is 11.3. The minimum Gasteiger partial charge on any atom is -0.383 e. The van der Waals surface area contributed by atoms with Crippen molar-refractivity contribution in [1.82, 2.24) is 5.32 Å². The van der Waals surface area contributed by atoms with E-state index < -0.39 is 0 Å². The van der Waals surface area contributed by atoms with Gasteiger partial charge in [-0.3, -0.25) is 0 Å². The molecule has 1 N–H and O–H groups in total. The fraction of sp³-hybridized carbons (Fsp3) is 1.00. The van der Waals surface area contributed by atoms with E-state index in [2.05, 4.69) is 26.1 Å². The molecular weight excluding hydrogens is 186 g/mol. The Balaban J connectivity index is 2.41. The molecule has 0 amide bonds. The Kier molecular flexibility index (Phi) is 5.62. The first kappa shape index (κ1) is 13.0.